The van der Waals surface area contributed by atoms with Crippen molar-refractivity contribution in [3.63, 3.8) is 0 Å². The average molecular weight is 203 g/mol. The zero-order valence-electron chi connectivity index (χ0n) is 7.92. The van der Waals surface area contributed by atoms with E-state index in [1.807, 2.05) is 0 Å². The van der Waals surface area contributed by atoms with Gasteiger partial charge in [-0.05, 0) is 6.92 Å². The third-order valence-corrected chi connectivity index (χ3v) is 1.91. The molecule has 0 atom stereocenters. The maximum Gasteiger partial charge on any atom is 0.280 e. The van der Waals surface area contributed by atoms with Gasteiger partial charge in [0.15, 0.2) is 0 Å². The topological polar surface area (TPSA) is 42.4 Å². The molecule has 0 aliphatic heterocycles. The highest BCUT2D eigenvalue weighted by Gasteiger charge is 2.19. The summed E-state index contributed by atoms with van der Waals surface area (Å²) in [6.07, 6.45) is -1.40. The highest BCUT2D eigenvalue weighted by Crippen LogP contribution is 2.30. The van der Waals surface area contributed by atoms with Crippen LogP contribution in [-0.4, -0.2) is 17.2 Å². The number of alkyl halides is 2. The fourth-order valence-electron chi connectivity index (χ4n) is 1.28. The Morgan fingerprint density at radius 3 is 2.64 bits per heavy atom. The first-order valence-electron chi connectivity index (χ1n) is 4.03. The molecule has 0 unspecified atom stereocenters. The summed E-state index contributed by atoms with van der Waals surface area (Å²) in [5.74, 6) is 0.276. The average Bonchev–Trinajstić information content (AvgIpc) is 2.16. The minimum atomic E-state index is -2.70. The van der Waals surface area contributed by atoms with Crippen molar-refractivity contribution in [2.24, 2.45) is 0 Å². The summed E-state index contributed by atoms with van der Waals surface area (Å²) in [4.78, 5) is 3.57. The van der Waals surface area contributed by atoms with Gasteiger partial charge in [-0.1, -0.05) is 0 Å². The predicted octanol–water partition coefficient (Wildman–Crippen LogP) is 1.83. The van der Waals surface area contributed by atoms with Crippen molar-refractivity contribution in [3.8, 4) is 5.75 Å². The van der Waals surface area contributed by atoms with Gasteiger partial charge in [0.25, 0.3) is 6.43 Å². The molecule has 0 spiro atoms. The van der Waals surface area contributed by atoms with Gasteiger partial charge in [-0.2, -0.15) is 0 Å². The van der Waals surface area contributed by atoms with E-state index in [0.29, 0.717) is 5.56 Å². The van der Waals surface area contributed by atoms with Crippen LogP contribution in [0.2, 0.25) is 0 Å². The standard InChI is InChI=1S/C9H11F2NO2/c1-5-3-12-7(9(10)11)6(4-13)8(5)14-2/h3,9,13H,4H2,1-2H3. The van der Waals surface area contributed by atoms with E-state index >= 15 is 0 Å². The lowest BCUT2D eigenvalue weighted by molar-refractivity contribution is 0.140. The second-order valence-corrected chi connectivity index (χ2v) is 2.80. The number of hydrogen-bond donors (Lipinski definition) is 1. The summed E-state index contributed by atoms with van der Waals surface area (Å²) in [6.45, 7) is 1.18. The Balaban J connectivity index is 3.33. The van der Waals surface area contributed by atoms with Gasteiger partial charge in [0.1, 0.15) is 11.4 Å². The van der Waals surface area contributed by atoms with Gasteiger partial charge in [-0.25, -0.2) is 8.78 Å². The molecule has 0 fully saturated rings. The number of halogens is 2. The smallest absolute Gasteiger partial charge is 0.280 e. The largest absolute Gasteiger partial charge is 0.496 e. The van der Waals surface area contributed by atoms with Crippen molar-refractivity contribution >= 4 is 0 Å². The number of aliphatic hydroxyl groups is 1. The zero-order chi connectivity index (χ0) is 10.7. The van der Waals surface area contributed by atoms with E-state index in [2.05, 4.69) is 4.98 Å². The third-order valence-electron chi connectivity index (χ3n) is 1.91. The predicted molar refractivity (Wildman–Crippen MR) is 46.4 cm³/mol. The van der Waals surface area contributed by atoms with Crippen molar-refractivity contribution in [3.05, 3.63) is 23.0 Å². The van der Waals surface area contributed by atoms with Crippen LogP contribution in [0, 0.1) is 6.92 Å². The lowest BCUT2D eigenvalue weighted by atomic mass is 10.1. The van der Waals surface area contributed by atoms with E-state index in [1.165, 1.54) is 13.3 Å². The molecule has 0 aliphatic rings. The molecule has 78 valence electrons. The van der Waals surface area contributed by atoms with Crippen LogP contribution in [0.4, 0.5) is 8.78 Å². The number of aryl methyl sites for hydroxylation is 1. The number of nitrogens with zero attached hydrogens (tertiary/aromatic N) is 1. The molecule has 0 saturated carbocycles. The molecule has 1 N–H and O–H groups in total. The fraction of sp³-hybridized carbons (Fsp3) is 0.444. The van der Waals surface area contributed by atoms with Crippen LogP contribution in [0.15, 0.2) is 6.20 Å². The van der Waals surface area contributed by atoms with Crippen molar-refractivity contribution in [1.82, 2.24) is 4.98 Å². The van der Waals surface area contributed by atoms with Crippen molar-refractivity contribution in [2.45, 2.75) is 20.0 Å². The molecule has 0 aromatic carbocycles. The van der Waals surface area contributed by atoms with Gasteiger partial charge < -0.3 is 9.84 Å². The maximum absolute atomic E-state index is 12.4. The second kappa shape index (κ2) is 4.32. The van der Waals surface area contributed by atoms with Crippen LogP contribution in [0.5, 0.6) is 5.75 Å². The molecule has 1 heterocycles. The maximum atomic E-state index is 12.4. The van der Waals surface area contributed by atoms with E-state index in [4.69, 9.17) is 9.84 Å². The molecule has 5 heteroatoms. The van der Waals surface area contributed by atoms with E-state index in [9.17, 15) is 8.78 Å². The van der Waals surface area contributed by atoms with Crippen molar-refractivity contribution in [1.29, 1.82) is 0 Å². The summed E-state index contributed by atoms with van der Waals surface area (Å²) in [7, 11) is 1.37. The number of methoxy groups -OCH3 is 1. The Hall–Kier alpha value is -1.23. The van der Waals surface area contributed by atoms with Gasteiger partial charge in [0, 0.05) is 17.3 Å². The Morgan fingerprint density at radius 2 is 2.21 bits per heavy atom. The molecule has 0 amide bonds. The van der Waals surface area contributed by atoms with Crippen LogP contribution in [-0.2, 0) is 6.61 Å². The van der Waals surface area contributed by atoms with Crippen LogP contribution in [0.3, 0.4) is 0 Å². The van der Waals surface area contributed by atoms with Crippen molar-refractivity contribution < 1.29 is 18.6 Å². The van der Waals surface area contributed by atoms with Gasteiger partial charge >= 0.3 is 0 Å². The number of pyridine rings is 1. The summed E-state index contributed by atoms with van der Waals surface area (Å²) in [5.41, 5.74) is 0.262. The molecule has 3 nitrogen and oxygen atoms in total. The Kier molecular flexibility index (Phi) is 3.35. The summed E-state index contributed by atoms with van der Waals surface area (Å²) in [6, 6.07) is 0. The van der Waals surface area contributed by atoms with Crippen LogP contribution in [0.25, 0.3) is 0 Å². The molecular formula is C9H11F2NO2. The number of hydrogen-bond acceptors (Lipinski definition) is 3. The highest BCUT2D eigenvalue weighted by atomic mass is 19.3. The number of ether oxygens (including phenoxy) is 1. The van der Waals surface area contributed by atoms with Gasteiger partial charge in [0.05, 0.1) is 13.7 Å². The molecular weight excluding hydrogens is 192 g/mol. The van der Waals surface area contributed by atoms with Crippen molar-refractivity contribution in [2.75, 3.05) is 7.11 Å². The van der Waals surface area contributed by atoms with Gasteiger partial charge in [-0.15, -0.1) is 0 Å². The second-order valence-electron chi connectivity index (χ2n) is 2.80. The Bertz CT molecular complexity index is 329. The first-order chi connectivity index (χ1) is 6.61. The lowest BCUT2D eigenvalue weighted by Crippen LogP contribution is -2.03. The minimum Gasteiger partial charge on any atom is -0.496 e. The summed E-state index contributed by atoms with van der Waals surface area (Å²) < 4.78 is 29.8. The monoisotopic (exact) mass is 203 g/mol. The zero-order valence-corrected chi connectivity index (χ0v) is 7.92. The lowest BCUT2D eigenvalue weighted by Gasteiger charge is -2.12. The Morgan fingerprint density at radius 1 is 1.57 bits per heavy atom. The molecule has 1 aromatic heterocycles. The summed E-state index contributed by atoms with van der Waals surface area (Å²) in [5, 5.41) is 8.95. The molecule has 1 aromatic rings. The summed E-state index contributed by atoms with van der Waals surface area (Å²) >= 11 is 0. The van der Waals surface area contributed by atoms with E-state index in [1.54, 1.807) is 6.92 Å². The van der Waals surface area contributed by atoms with E-state index < -0.39 is 18.7 Å². The number of aromatic nitrogens is 1. The highest BCUT2D eigenvalue weighted by molar-refractivity contribution is 5.42. The molecule has 0 bridgehead atoms. The van der Waals surface area contributed by atoms with Gasteiger partial charge in [0.2, 0.25) is 0 Å². The molecule has 1 rings (SSSR count). The molecule has 0 radical (unpaired) electrons. The number of aliphatic hydroxyl groups excluding tert-OH is 1. The number of rotatable bonds is 3. The van der Waals surface area contributed by atoms with Crippen LogP contribution < -0.4 is 4.74 Å². The van der Waals surface area contributed by atoms with Crippen LogP contribution >= 0.6 is 0 Å². The molecule has 0 saturated heterocycles. The quantitative estimate of drug-likeness (QED) is 0.814. The fourth-order valence-corrected chi connectivity index (χ4v) is 1.28. The van der Waals surface area contributed by atoms with Gasteiger partial charge in [-0.3, -0.25) is 4.98 Å². The first kappa shape index (κ1) is 10.8. The minimum absolute atomic E-state index is 0.0579. The third kappa shape index (κ3) is 1.82. The molecule has 0 aliphatic carbocycles. The van der Waals surface area contributed by atoms with E-state index in [0.717, 1.165) is 0 Å². The van der Waals surface area contributed by atoms with Crippen LogP contribution in [0.1, 0.15) is 23.2 Å². The molecule has 14 heavy (non-hydrogen) atoms. The normalized spacial score (nSPS) is 10.7. The first-order valence-corrected chi connectivity index (χ1v) is 4.03. The SMILES string of the molecule is COc1c(C)cnc(C(F)F)c1CO. The Labute approximate surface area is 80.3 Å². The van der Waals surface area contributed by atoms with E-state index in [-0.39, 0.29) is 11.3 Å².